The van der Waals surface area contributed by atoms with E-state index in [-0.39, 0.29) is 0 Å². The van der Waals surface area contributed by atoms with E-state index in [0.717, 1.165) is 34.6 Å². The lowest BCUT2D eigenvalue weighted by Crippen LogP contribution is -2.16. The molecule has 0 saturated carbocycles. The van der Waals surface area contributed by atoms with Crippen molar-refractivity contribution in [3.05, 3.63) is 57.6 Å². The number of nitrogens with one attached hydrogen (secondary N) is 1. The van der Waals surface area contributed by atoms with Crippen LogP contribution >= 0.6 is 15.9 Å². The number of methoxy groups -OCH3 is 1. The molecule has 0 aliphatic heterocycles. The number of aryl methyl sites for hydroxylation is 1. The van der Waals surface area contributed by atoms with Crippen LogP contribution in [0.2, 0.25) is 0 Å². The normalized spacial score (nSPS) is 10.7. The third-order valence-corrected chi connectivity index (χ3v) is 4.77. The van der Waals surface area contributed by atoms with Gasteiger partial charge in [-0.2, -0.15) is 0 Å². The van der Waals surface area contributed by atoms with E-state index in [4.69, 9.17) is 9.47 Å². The standard InChI is InChI=1S/C20H26BrNO2/c1-4-5-12-22-13-17-18(21)10-11-19(23-3)20(17)24-14-16-9-7-6-8-15(16)2/h6-11,22H,4-5,12-14H2,1-3H3. The van der Waals surface area contributed by atoms with Crippen LogP contribution in [0.25, 0.3) is 0 Å². The first-order valence-electron chi connectivity index (χ1n) is 8.40. The summed E-state index contributed by atoms with van der Waals surface area (Å²) in [4.78, 5) is 0. The Kier molecular flexibility index (Phi) is 7.60. The summed E-state index contributed by atoms with van der Waals surface area (Å²) in [5.41, 5.74) is 3.51. The van der Waals surface area contributed by atoms with Crippen molar-refractivity contribution in [1.29, 1.82) is 0 Å². The molecule has 0 heterocycles. The summed E-state index contributed by atoms with van der Waals surface area (Å²) in [6.45, 7) is 6.57. The van der Waals surface area contributed by atoms with Crippen molar-refractivity contribution in [3.8, 4) is 11.5 Å². The van der Waals surface area contributed by atoms with Gasteiger partial charge >= 0.3 is 0 Å². The van der Waals surface area contributed by atoms with Gasteiger partial charge in [0.1, 0.15) is 6.61 Å². The second kappa shape index (κ2) is 9.70. The van der Waals surface area contributed by atoms with E-state index in [0.29, 0.717) is 6.61 Å². The van der Waals surface area contributed by atoms with Crippen LogP contribution < -0.4 is 14.8 Å². The highest BCUT2D eigenvalue weighted by atomic mass is 79.9. The summed E-state index contributed by atoms with van der Waals surface area (Å²) in [6, 6.07) is 12.2. The van der Waals surface area contributed by atoms with Gasteiger partial charge in [0.25, 0.3) is 0 Å². The Balaban J connectivity index is 2.19. The first-order chi connectivity index (χ1) is 11.7. The molecule has 24 heavy (non-hydrogen) atoms. The minimum atomic E-state index is 0.529. The summed E-state index contributed by atoms with van der Waals surface area (Å²) in [6.07, 6.45) is 2.35. The molecule has 0 spiro atoms. The minimum Gasteiger partial charge on any atom is -0.493 e. The van der Waals surface area contributed by atoms with Gasteiger partial charge in [0.15, 0.2) is 11.5 Å². The molecule has 0 fully saturated rings. The largest absolute Gasteiger partial charge is 0.493 e. The summed E-state index contributed by atoms with van der Waals surface area (Å²) < 4.78 is 12.7. The fraction of sp³-hybridized carbons (Fsp3) is 0.400. The van der Waals surface area contributed by atoms with Crippen molar-refractivity contribution in [3.63, 3.8) is 0 Å². The Hall–Kier alpha value is -1.52. The second-order valence-corrected chi connectivity index (χ2v) is 6.66. The average Bonchev–Trinajstić information content (AvgIpc) is 2.59. The molecule has 3 nitrogen and oxygen atoms in total. The topological polar surface area (TPSA) is 30.5 Å². The van der Waals surface area contributed by atoms with Gasteiger partial charge in [-0.05, 0) is 43.1 Å². The van der Waals surface area contributed by atoms with Crippen molar-refractivity contribution in [2.45, 2.75) is 39.8 Å². The molecule has 0 atom stereocenters. The molecule has 130 valence electrons. The Morgan fingerprint density at radius 1 is 1.12 bits per heavy atom. The number of hydrogen-bond acceptors (Lipinski definition) is 3. The number of benzene rings is 2. The predicted molar refractivity (Wildman–Crippen MR) is 103 cm³/mol. The highest BCUT2D eigenvalue weighted by molar-refractivity contribution is 9.10. The highest BCUT2D eigenvalue weighted by Crippen LogP contribution is 2.36. The zero-order valence-electron chi connectivity index (χ0n) is 14.7. The third-order valence-electron chi connectivity index (χ3n) is 4.03. The van der Waals surface area contributed by atoms with E-state index in [1.54, 1.807) is 7.11 Å². The van der Waals surface area contributed by atoms with Crippen LogP contribution in [-0.2, 0) is 13.2 Å². The quantitative estimate of drug-likeness (QED) is 0.593. The predicted octanol–water partition coefficient (Wildman–Crippen LogP) is 5.23. The van der Waals surface area contributed by atoms with Crippen molar-refractivity contribution in [1.82, 2.24) is 5.32 Å². The lowest BCUT2D eigenvalue weighted by molar-refractivity contribution is 0.279. The number of hydrogen-bond donors (Lipinski definition) is 1. The van der Waals surface area contributed by atoms with E-state index in [1.165, 1.54) is 24.0 Å². The van der Waals surface area contributed by atoms with E-state index in [2.05, 4.69) is 47.2 Å². The van der Waals surface area contributed by atoms with E-state index in [9.17, 15) is 0 Å². The molecule has 0 aromatic heterocycles. The van der Waals surface area contributed by atoms with Gasteiger partial charge in [-0.25, -0.2) is 0 Å². The average molecular weight is 392 g/mol. The zero-order chi connectivity index (χ0) is 17.4. The molecule has 0 radical (unpaired) electrons. The van der Waals surface area contributed by atoms with Crippen molar-refractivity contribution in [2.75, 3.05) is 13.7 Å². The van der Waals surface area contributed by atoms with Crippen molar-refractivity contribution in [2.24, 2.45) is 0 Å². The van der Waals surface area contributed by atoms with E-state index >= 15 is 0 Å². The Bertz CT molecular complexity index is 658. The third kappa shape index (κ3) is 4.99. The van der Waals surface area contributed by atoms with Gasteiger partial charge in [0, 0.05) is 16.6 Å². The van der Waals surface area contributed by atoms with E-state index in [1.807, 2.05) is 24.3 Å². The number of halogens is 1. The van der Waals surface area contributed by atoms with Gasteiger partial charge in [-0.1, -0.05) is 53.5 Å². The van der Waals surface area contributed by atoms with Crippen LogP contribution in [0, 0.1) is 6.92 Å². The number of rotatable bonds is 9. The van der Waals surface area contributed by atoms with Crippen LogP contribution in [0.15, 0.2) is 40.9 Å². The SMILES string of the molecule is CCCCNCc1c(Br)ccc(OC)c1OCc1ccccc1C. The summed E-state index contributed by atoms with van der Waals surface area (Å²) in [5.74, 6) is 1.57. The lowest BCUT2D eigenvalue weighted by Gasteiger charge is -2.18. The maximum absolute atomic E-state index is 6.17. The molecule has 2 aromatic rings. The van der Waals surface area contributed by atoms with E-state index < -0.39 is 0 Å². The molecular formula is C20H26BrNO2. The van der Waals surface area contributed by atoms with Crippen LogP contribution in [0.3, 0.4) is 0 Å². The second-order valence-electron chi connectivity index (χ2n) is 5.80. The lowest BCUT2D eigenvalue weighted by atomic mass is 10.1. The Labute approximate surface area is 153 Å². The van der Waals surface area contributed by atoms with Crippen LogP contribution in [0.4, 0.5) is 0 Å². The molecule has 0 amide bonds. The number of unbranched alkanes of at least 4 members (excludes halogenated alkanes) is 1. The maximum atomic E-state index is 6.17. The van der Waals surface area contributed by atoms with Crippen LogP contribution in [0.5, 0.6) is 11.5 Å². The summed E-state index contributed by atoms with van der Waals surface area (Å²) >= 11 is 3.64. The highest BCUT2D eigenvalue weighted by Gasteiger charge is 2.15. The molecule has 1 N–H and O–H groups in total. The van der Waals surface area contributed by atoms with Gasteiger partial charge in [0.2, 0.25) is 0 Å². The fourth-order valence-corrected chi connectivity index (χ4v) is 2.96. The van der Waals surface area contributed by atoms with Crippen molar-refractivity contribution < 1.29 is 9.47 Å². The van der Waals surface area contributed by atoms with Crippen LogP contribution in [-0.4, -0.2) is 13.7 Å². The van der Waals surface area contributed by atoms with Crippen LogP contribution in [0.1, 0.15) is 36.5 Å². The summed E-state index contributed by atoms with van der Waals surface area (Å²) in [7, 11) is 1.68. The molecular weight excluding hydrogens is 366 g/mol. The molecule has 2 aromatic carbocycles. The minimum absolute atomic E-state index is 0.529. The molecule has 2 rings (SSSR count). The van der Waals surface area contributed by atoms with Gasteiger partial charge in [-0.3, -0.25) is 0 Å². The molecule has 0 aliphatic rings. The monoisotopic (exact) mass is 391 g/mol. The van der Waals surface area contributed by atoms with Gasteiger partial charge in [-0.15, -0.1) is 0 Å². The molecule has 4 heteroatoms. The molecule has 0 aliphatic carbocycles. The first-order valence-corrected chi connectivity index (χ1v) is 9.20. The maximum Gasteiger partial charge on any atom is 0.167 e. The first kappa shape index (κ1) is 18.8. The molecule has 0 unspecified atom stereocenters. The molecule has 0 bridgehead atoms. The van der Waals surface area contributed by atoms with Gasteiger partial charge < -0.3 is 14.8 Å². The fourth-order valence-electron chi connectivity index (χ4n) is 2.50. The van der Waals surface area contributed by atoms with Crippen molar-refractivity contribution >= 4 is 15.9 Å². The van der Waals surface area contributed by atoms with Gasteiger partial charge in [0.05, 0.1) is 7.11 Å². The Morgan fingerprint density at radius 2 is 1.92 bits per heavy atom. The molecule has 0 saturated heterocycles. The summed E-state index contributed by atoms with van der Waals surface area (Å²) in [5, 5.41) is 3.48. The smallest absolute Gasteiger partial charge is 0.167 e. The zero-order valence-corrected chi connectivity index (χ0v) is 16.3. The number of ether oxygens (including phenoxy) is 2. The Morgan fingerprint density at radius 3 is 2.62 bits per heavy atom.